The molecule has 0 heterocycles. The van der Waals surface area contributed by atoms with E-state index in [9.17, 15) is 4.39 Å². The lowest BCUT2D eigenvalue weighted by molar-refractivity contribution is 0.416. The molecule has 0 saturated carbocycles. The van der Waals surface area contributed by atoms with E-state index < -0.39 is 0 Å². The van der Waals surface area contributed by atoms with Crippen LogP contribution < -0.4 is 5.32 Å². The lowest BCUT2D eigenvalue weighted by Gasteiger charge is -2.22. The molecule has 0 radical (unpaired) electrons. The molecule has 1 aromatic rings. The Balaban J connectivity index is 2.90. The average molecular weight is 237 g/mol. The van der Waals surface area contributed by atoms with Crippen molar-refractivity contribution in [1.29, 1.82) is 0 Å². The van der Waals surface area contributed by atoms with Gasteiger partial charge in [-0.15, -0.1) is 0 Å². The molecule has 0 spiro atoms. The summed E-state index contributed by atoms with van der Waals surface area (Å²) in [6, 6.07) is 5.50. The summed E-state index contributed by atoms with van der Waals surface area (Å²) in [6.45, 7) is 9.43. The molecule has 0 aliphatic heterocycles. The maximum Gasteiger partial charge on any atom is 0.127 e. The van der Waals surface area contributed by atoms with Crippen LogP contribution in [-0.4, -0.2) is 6.54 Å². The molecule has 1 aromatic carbocycles. The van der Waals surface area contributed by atoms with Crippen LogP contribution in [0.15, 0.2) is 18.2 Å². The normalized spacial score (nSPS) is 13.1. The van der Waals surface area contributed by atoms with Gasteiger partial charge in [0.15, 0.2) is 0 Å². The van der Waals surface area contributed by atoms with Crippen LogP contribution in [0.4, 0.5) is 4.39 Å². The lowest BCUT2D eigenvalue weighted by Crippen LogP contribution is -2.24. The van der Waals surface area contributed by atoms with Crippen molar-refractivity contribution in [3.63, 3.8) is 0 Å². The molecule has 1 rings (SSSR count). The molecular weight excluding hydrogens is 213 g/mol. The van der Waals surface area contributed by atoms with Crippen LogP contribution in [0, 0.1) is 18.7 Å². The highest BCUT2D eigenvalue weighted by Gasteiger charge is 2.16. The molecule has 0 amide bonds. The zero-order valence-electron chi connectivity index (χ0n) is 11.4. The van der Waals surface area contributed by atoms with Crippen LogP contribution in [0.25, 0.3) is 0 Å². The summed E-state index contributed by atoms with van der Waals surface area (Å²) in [7, 11) is 0. The van der Waals surface area contributed by atoms with Gasteiger partial charge in [0.25, 0.3) is 0 Å². The summed E-state index contributed by atoms with van der Waals surface area (Å²) in [4.78, 5) is 0. The minimum absolute atomic E-state index is 0.0927. The molecule has 0 fully saturated rings. The molecule has 17 heavy (non-hydrogen) atoms. The van der Waals surface area contributed by atoms with Crippen LogP contribution in [0.1, 0.15) is 50.8 Å². The van der Waals surface area contributed by atoms with Gasteiger partial charge in [-0.1, -0.05) is 38.5 Å². The van der Waals surface area contributed by atoms with Crippen molar-refractivity contribution >= 4 is 0 Å². The number of nitrogens with one attached hydrogen (secondary N) is 1. The van der Waals surface area contributed by atoms with Gasteiger partial charge >= 0.3 is 0 Å². The molecule has 1 N–H and O–H groups in total. The van der Waals surface area contributed by atoms with Gasteiger partial charge in [-0.05, 0) is 38.3 Å². The highest BCUT2D eigenvalue weighted by molar-refractivity contribution is 5.27. The number of aryl methyl sites for hydroxylation is 1. The van der Waals surface area contributed by atoms with E-state index in [4.69, 9.17) is 0 Å². The van der Waals surface area contributed by atoms with Crippen molar-refractivity contribution in [3.8, 4) is 0 Å². The van der Waals surface area contributed by atoms with Crippen molar-refractivity contribution in [2.75, 3.05) is 6.54 Å². The first-order chi connectivity index (χ1) is 8.04. The van der Waals surface area contributed by atoms with Crippen LogP contribution in [0.5, 0.6) is 0 Å². The van der Waals surface area contributed by atoms with Crippen molar-refractivity contribution in [2.45, 2.75) is 46.6 Å². The maximum atomic E-state index is 13.9. The van der Waals surface area contributed by atoms with E-state index in [1.54, 1.807) is 6.07 Å². The minimum Gasteiger partial charge on any atom is -0.310 e. The molecule has 2 heteroatoms. The Labute approximate surface area is 104 Å². The molecular formula is C15H24FN. The fourth-order valence-corrected chi connectivity index (χ4v) is 2.04. The monoisotopic (exact) mass is 237 g/mol. The summed E-state index contributed by atoms with van der Waals surface area (Å²) < 4.78 is 13.9. The predicted molar refractivity (Wildman–Crippen MR) is 71.6 cm³/mol. The Morgan fingerprint density at radius 1 is 1.29 bits per heavy atom. The van der Waals surface area contributed by atoms with Gasteiger partial charge < -0.3 is 5.32 Å². The second-order valence-electron chi connectivity index (χ2n) is 5.16. The van der Waals surface area contributed by atoms with E-state index in [0.29, 0.717) is 5.92 Å². The molecule has 1 unspecified atom stereocenters. The first-order valence-corrected chi connectivity index (χ1v) is 6.54. The highest BCUT2D eigenvalue weighted by atomic mass is 19.1. The van der Waals surface area contributed by atoms with Crippen LogP contribution in [0.3, 0.4) is 0 Å². The Morgan fingerprint density at radius 3 is 2.59 bits per heavy atom. The number of halogens is 1. The quantitative estimate of drug-likeness (QED) is 0.781. The van der Waals surface area contributed by atoms with Crippen LogP contribution >= 0.6 is 0 Å². The van der Waals surface area contributed by atoms with Gasteiger partial charge in [0, 0.05) is 11.6 Å². The van der Waals surface area contributed by atoms with Gasteiger partial charge in [-0.25, -0.2) is 4.39 Å². The Bertz CT molecular complexity index is 347. The average Bonchev–Trinajstić information content (AvgIpc) is 2.27. The second-order valence-corrected chi connectivity index (χ2v) is 5.16. The van der Waals surface area contributed by atoms with E-state index in [1.807, 2.05) is 19.1 Å². The largest absolute Gasteiger partial charge is 0.310 e. The van der Waals surface area contributed by atoms with Crippen molar-refractivity contribution in [3.05, 3.63) is 35.1 Å². The molecule has 0 saturated heterocycles. The molecule has 96 valence electrons. The molecule has 1 nitrogen and oxygen atoms in total. The zero-order valence-corrected chi connectivity index (χ0v) is 11.4. The lowest BCUT2D eigenvalue weighted by atomic mass is 9.95. The maximum absolute atomic E-state index is 13.9. The number of hydrogen-bond acceptors (Lipinski definition) is 1. The van der Waals surface area contributed by atoms with Gasteiger partial charge in [0.2, 0.25) is 0 Å². The Hall–Kier alpha value is -0.890. The van der Waals surface area contributed by atoms with Crippen molar-refractivity contribution in [2.24, 2.45) is 5.92 Å². The van der Waals surface area contributed by atoms with Crippen molar-refractivity contribution < 1.29 is 4.39 Å². The van der Waals surface area contributed by atoms with Gasteiger partial charge in [-0.2, -0.15) is 0 Å². The first kappa shape index (κ1) is 14.2. The van der Waals surface area contributed by atoms with Gasteiger partial charge in [-0.3, -0.25) is 0 Å². The fourth-order valence-electron chi connectivity index (χ4n) is 2.04. The van der Waals surface area contributed by atoms with E-state index in [1.165, 1.54) is 0 Å². The molecule has 0 aromatic heterocycles. The molecule has 0 aliphatic carbocycles. The predicted octanol–water partition coefficient (Wildman–Crippen LogP) is 4.22. The van der Waals surface area contributed by atoms with E-state index in [-0.39, 0.29) is 11.9 Å². The van der Waals surface area contributed by atoms with E-state index >= 15 is 0 Å². The third-order valence-corrected chi connectivity index (χ3v) is 2.87. The SMILES string of the molecule is CCCNC(CC(C)C)c1cc(C)ccc1F. The standard InChI is InChI=1S/C15H24FN/c1-5-8-17-15(9-11(2)3)13-10-12(4)6-7-14(13)16/h6-7,10-11,15,17H,5,8-9H2,1-4H3. The van der Waals surface area contributed by atoms with Crippen LogP contribution in [-0.2, 0) is 0 Å². The molecule has 1 atom stereocenters. The second kappa shape index (κ2) is 6.75. The summed E-state index contributed by atoms with van der Waals surface area (Å²) in [5.41, 5.74) is 1.93. The first-order valence-electron chi connectivity index (χ1n) is 6.54. The Morgan fingerprint density at radius 2 is 2.00 bits per heavy atom. The zero-order chi connectivity index (χ0) is 12.8. The topological polar surface area (TPSA) is 12.0 Å². The number of rotatable bonds is 6. The Kier molecular flexibility index (Phi) is 5.63. The smallest absolute Gasteiger partial charge is 0.127 e. The summed E-state index contributed by atoms with van der Waals surface area (Å²) in [5, 5.41) is 3.45. The molecule has 0 bridgehead atoms. The van der Waals surface area contributed by atoms with E-state index in [0.717, 1.165) is 30.5 Å². The summed E-state index contributed by atoms with van der Waals surface area (Å²) >= 11 is 0. The molecule has 0 aliphatic rings. The number of hydrogen-bond donors (Lipinski definition) is 1. The summed E-state index contributed by atoms with van der Waals surface area (Å²) in [6.07, 6.45) is 2.04. The summed E-state index contributed by atoms with van der Waals surface area (Å²) in [5.74, 6) is 0.467. The fraction of sp³-hybridized carbons (Fsp3) is 0.600. The van der Waals surface area contributed by atoms with Gasteiger partial charge in [0.05, 0.1) is 0 Å². The number of benzene rings is 1. The van der Waals surface area contributed by atoms with E-state index in [2.05, 4.69) is 26.1 Å². The third kappa shape index (κ3) is 4.47. The van der Waals surface area contributed by atoms with Gasteiger partial charge in [0.1, 0.15) is 5.82 Å². The van der Waals surface area contributed by atoms with Crippen LogP contribution in [0.2, 0.25) is 0 Å². The minimum atomic E-state index is -0.0927. The van der Waals surface area contributed by atoms with Crippen molar-refractivity contribution in [1.82, 2.24) is 5.32 Å². The third-order valence-electron chi connectivity index (χ3n) is 2.87. The highest BCUT2D eigenvalue weighted by Crippen LogP contribution is 2.24.